The van der Waals surface area contributed by atoms with Crippen LogP contribution < -0.4 is 10.6 Å². The van der Waals surface area contributed by atoms with Crippen molar-refractivity contribution in [2.24, 2.45) is 0 Å². The fraction of sp³-hybridized carbons (Fsp3) is 0.455. The van der Waals surface area contributed by atoms with Gasteiger partial charge in [0.1, 0.15) is 5.82 Å². The van der Waals surface area contributed by atoms with Crippen LogP contribution in [0.15, 0.2) is 18.2 Å². The van der Waals surface area contributed by atoms with E-state index in [4.69, 9.17) is 0 Å². The first-order valence-corrected chi connectivity index (χ1v) is 4.97. The van der Waals surface area contributed by atoms with Gasteiger partial charge in [0.2, 0.25) is 0 Å². The number of aryl methyl sites for hydroxylation is 1. The summed E-state index contributed by atoms with van der Waals surface area (Å²) >= 11 is 0. The summed E-state index contributed by atoms with van der Waals surface area (Å²) in [6.45, 7) is 4.57. The Labute approximate surface area is 83.5 Å². The summed E-state index contributed by atoms with van der Waals surface area (Å²) in [4.78, 5) is 0. The lowest BCUT2D eigenvalue weighted by atomic mass is 10.0. The molecule has 0 bridgehead atoms. The summed E-state index contributed by atoms with van der Waals surface area (Å²) in [6, 6.07) is 5.53. The first-order valence-electron chi connectivity index (χ1n) is 4.97. The Bertz CT molecular complexity index is 319. The third-order valence-corrected chi connectivity index (χ3v) is 2.57. The highest BCUT2D eigenvalue weighted by atomic mass is 19.1. The Kier molecular flexibility index (Phi) is 2.79. The van der Waals surface area contributed by atoms with E-state index in [1.54, 1.807) is 6.07 Å². The minimum Gasteiger partial charge on any atom is -0.314 e. The van der Waals surface area contributed by atoms with Gasteiger partial charge in [0, 0.05) is 31.2 Å². The van der Waals surface area contributed by atoms with Crippen LogP contribution in [0, 0.1) is 12.7 Å². The molecule has 14 heavy (non-hydrogen) atoms. The zero-order valence-corrected chi connectivity index (χ0v) is 8.31. The standard InChI is InChI=1S/C11H15FN2/c1-8-2-3-9(10(12)6-8)11-7-13-4-5-14-11/h2-3,6,11,13-14H,4-5,7H2,1H3/t11-/m1/s1. The lowest BCUT2D eigenvalue weighted by Gasteiger charge is -2.25. The van der Waals surface area contributed by atoms with Crippen molar-refractivity contribution in [3.63, 3.8) is 0 Å². The maximum absolute atomic E-state index is 13.6. The highest BCUT2D eigenvalue weighted by Gasteiger charge is 2.17. The number of hydrogen-bond acceptors (Lipinski definition) is 2. The highest BCUT2D eigenvalue weighted by molar-refractivity contribution is 5.26. The molecule has 0 spiro atoms. The molecule has 1 atom stereocenters. The van der Waals surface area contributed by atoms with Crippen molar-refractivity contribution >= 4 is 0 Å². The minimum absolute atomic E-state index is 0.105. The van der Waals surface area contributed by atoms with Gasteiger partial charge in [0.05, 0.1) is 0 Å². The van der Waals surface area contributed by atoms with Gasteiger partial charge in [-0.25, -0.2) is 4.39 Å². The van der Waals surface area contributed by atoms with Gasteiger partial charge in [0.25, 0.3) is 0 Å². The summed E-state index contributed by atoms with van der Waals surface area (Å²) in [5.41, 5.74) is 1.73. The first-order chi connectivity index (χ1) is 6.77. The lowest BCUT2D eigenvalue weighted by Crippen LogP contribution is -2.42. The normalized spacial score (nSPS) is 22.3. The van der Waals surface area contributed by atoms with E-state index in [2.05, 4.69) is 10.6 Å². The van der Waals surface area contributed by atoms with E-state index in [1.807, 2.05) is 19.1 Å². The molecular formula is C11H15FN2. The number of hydrogen-bond donors (Lipinski definition) is 2. The average Bonchev–Trinajstić information content (AvgIpc) is 2.19. The second-order valence-electron chi connectivity index (χ2n) is 3.74. The predicted octanol–water partition coefficient (Wildman–Crippen LogP) is 1.37. The molecule has 0 aromatic heterocycles. The number of piperazine rings is 1. The second kappa shape index (κ2) is 4.07. The van der Waals surface area contributed by atoms with E-state index < -0.39 is 0 Å². The molecule has 0 aliphatic carbocycles. The van der Waals surface area contributed by atoms with Crippen molar-refractivity contribution in [2.45, 2.75) is 13.0 Å². The van der Waals surface area contributed by atoms with E-state index in [-0.39, 0.29) is 11.9 Å². The van der Waals surface area contributed by atoms with Gasteiger partial charge in [-0.2, -0.15) is 0 Å². The van der Waals surface area contributed by atoms with Crippen LogP contribution in [0.3, 0.4) is 0 Å². The molecule has 2 nitrogen and oxygen atoms in total. The number of halogens is 1. The van der Waals surface area contributed by atoms with Crippen molar-refractivity contribution in [1.82, 2.24) is 10.6 Å². The van der Waals surface area contributed by atoms with Gasteiger partial charge in [-0.3, -0.25) is 0 Å². The monoisotopic (exact) mass is 194 g/mol. The van der Waals surface area contributed by atoms with Gasteiger partial charge in [0.15, 0.2) is 0 Å². The maximum Gasteiger partial charge on any atom is 0.128 e. The van der Waals surface area contributed by atoms with Crippen LogP contribution in [0.1, 0.15) is 17.2 Å². The summed E-state index contributed by atoms with van der Waals surface area (Å²) < 4.78 is 13.6. The van der Waals surface area contributed by atoms with Crippen LogP contribution in [0.4, 0.5) is 4.39 Å². The lowest BCUT2D eigenvalue weighted by molar-refractivity contribution is 0.416. The largest absolute Gasteiger partial charge is 0.314 e. The number of rotatable bonds is 1. The van der Waals surface area contributed by atoms with Crippen LogP contribution in [0.5, 0.6) is 0 Å². The molecule has 3 heteroatoms. The van der Waals surface area contributed by atoms with Gasteiger partial charge >= 0.3 is 0 Å². The first kappa shape index (κ1) is 9.62. The molecule has 1 aromatic carbocycles. The van der Waals surface area contributed by atoms with Gasteiger partial charge in [-0.05, 0) is 18.6 Å². The third kappa shape index (κ3) is 1.94. The molecule has 1 aromatic rings. The van der Waals surface area contributed by atoms with E-state index in [1.165, 1.54) is 0 Å². The summed E-state index contributed by atoms with van der Waals surface area (Å²) in [5.74, 6) is -0.105. The summed E-state index contributed by atoms with van der Waals surface area (Å²) in [5, 5.41) is 6.54. The molecule has 1 aliphatic rings. The van der Waals surface area contributed by atoms with Crippen molar-refractivity contribution in [2.75, 3.05) is 19.6 Å². The molecule has 1 aliphatic heterocycles. The molecule has 2 N–H and O–H groups in total. The van der Waals surface area contributed by atoms with Crippen molar-refractivity contribution in [1.29, 1.82) is 0 Å². The summed E-state index contributed by atoms with van der Waals surface area (Å²) in [7, 11) is 0. The smallest absolute Gasteiger partial charge is 0.128 e. The zero-order valence-electron chi connectivity index (χ0n) is 8.31. The second-order valence-corrected chi connectivity index (χ2v) is 3.74. The van der Waals surface area contributed by atoms with E-state index >= 15 is 0 Å². The quantitative estimate of drug-likeness (QED) is 0.705. The average molecular weight is 194 g/mol. The van der Waals surface area contributed by atoms with Crippen molar-refractivity contribution in [3.8, 4) is 0 Å². The fourth-order valence-corrected chi connectivity index (χ4v) is 1.79. The summed E-state index contributed by atoms with van der Waals surface area (Å²) in [6.07, 6.45) is 0. The Morgan fingerprint density at radius 2 is 2.21 bits per heavy atom. The Morgan fingerprint density at radius 1 is 1.36 bits per heavy atom. The van der Waals surface area contributed by atoms with Crippen LogP contribution in [-0.4, -0.2) is 19.6 Å². The molecule has 1 saturated heterocycles. The van der Waals surface area contributed by atoms with Crippen LogP contribution in [-0.2, 0) is 0 Å². The third-order valence-electron chi connectivity index (χ3n) is 2.57. The van der Waals surface area contributed by atoms with Crippen LogP contribution in [0.2, 0.25) is 0 Å². The molecule has 1 fully saturated rings. The van der Waals surface area contributed by atoms with E-state index in [9.17, 15) is 4.39 Å². The Balaban J connectivity index is 2.22. The number of benzene rings is 1. The van der Waals surface area contributed by atoms with Crippen LogP contribution >= 0.6 is 0 Å². The zero-order chi connectivity index (χ0) is 9.97. The highest BCUT2D eigenvalue weighted by Crippen LogP contribution is 2.18. The topological polar surface area (TPSA) is 24.1 Å². The van der Waals surface area contributed by atoms with E-state index in [0.29, 0.717) is 0 Å². The Morgan fingerprint density at radius 3 is 2.86 bits per heavy atom. The van der Waals surface area contributed by atoms with Crippen molar-refractivity contribution < 1.29 is 4.39 Å². The maximum atomic E-state index is 13.6. The molecular weight excluding hydrogens is 179 g/mol. The number of nitrogens with one attached hydrogen (secondary N) is 2. The SMILES string of the molecule is Cc1ccc([C@H]2CNCCN2)c(F)c1. The molecule has 0 radical (unpaired) electrons. The molecule has 2 rings (SSSR count). The predicted molar refractivity (Wildman–Crippen MR) is 54.8 cm³/mol. The van der Waals surface area contributed by atoms with E-state index in [0.717, 1.165) is 30.8 Å². The molecule has 1 heterocycles. The van der Waals surface area contributed by atoms with Gasteiger partial charge < -0.3 is 10.6 Å². The van der Waals surface area contributed by atoms with Crippen molar-refractivity contribution in [3.05, 3.63) is 35.1 Å². The van der Waals surface area contributed by atoms with Crippen LogP contribution in [0.25, 0.3) is 0 Å². The van der Waals surface area contributed by atoms with Gasteiger partial charge in [-0.1, -0.05) is 12.1 Å². The minimum atomic E-state index is -0.105. The molecule has 0 amide bonds. The fourth-order valence-electron chi connectivity index (χ4n) is 1.79. The molecule has 76 valence electrons. The van der Waals surface area contributed by atoms with Gasteiger partial charge in [-0.15, -0.1) is 0 Å². The Hall–Kier alpha value is -0.930. The molecule has 0 saturated carbocycles. The molecule has 0 unspecified atom stereocenters.